The van der Waals surface area contributed by atoms with Gasteiger partial charge in [-0.05, 0) is 13.0 Å². The first-order chi connectivity index (χ1) is 8.60. The van der Waals surface area contributed by atoms with Gasteiger partial charge in [0.2, 0.25) is 0 Å². The summed E-state index contributed by atoms with van der Waals surface area (Å²) in [6, 6.07) is 4.34. The summed E-state index contributed by atoms with van der Waals surface area (Å²) in [5.41, 5.74) is 0.178. The highest BCUT2D eigenvalue weighted by Crippen LogP contribution is 2.36. The molecule has 0 saturated carbocycles. The van der Waals surface area contributed by atoms with E-state index >= 15 is 0 Å². The van der Waals surface area contributed by atoms with Gasteiger partial charge in [-0.25, -0.2) is 0 Å². The van der Waals surface area contributed by atoms with Crippen LogP contribution in [0.1, 0.15) is 15.4 Å². The van der Waals surface area contributed by atoms with Gasteiger partial charge < -0.3 is 0 Å². The zero-order valence-electron chi connectivity index (χ0n) is 9.19. The molecule has 8 heteroatoms. The van der Waals surface area contributed by atoms with Gasteiger partial charge in [0.1, 0.15) is 11.3 Å². The van der Waals surface area contributed by atoms with Crippen LogP contribution >= 0.6 is 23.1 Å². The Balaban J connectivity index is 2.37. The minimum atomic E-state index is -0.511. The van der Waals surface area contributed by atoms with E-state index in [0.717, 1.165) is 5.01 Å². The smallest absolute Gasteiger partial charge is 0.284 e. The van der Waals surface area contributed by atoms with Crippen LogP contribution in [-0.4, -0.2) is 21.4 Å². The molecule has 6 nitrogen and oxygen atoms in total. The molecule has 1 heterocycles. The van der Waals surface area contributed by atoms with Crippen LogP contribution in [-0.2, 0) is 0 Å². The van der Waals surface area contributed by atoms with Crippen molar-refractivity contribution in [3.8, 4) is 0 Å². The fourth-order valence-corrected chi connectivity index (χ4v) is 3.11. The number of aryl methyl sites for hydroxylation is 1. The van der Waals surface area contributed by atoms with Crippen molar-refractivity contribution in [3.63, 3.8) is 0 Å². The number of aldehydes is 1. The number of hydrogen-bond donors (Lipinski definition) is 0. The van der Waals surface area contributed by atoms with Crippen LogP contribution in [0.15, 0.2) is 27.4 Å². The van der Waals surface area contributed by atoms with Crippen LogP contribution in [0.3, 0.4) is 0 Å². The zero-order valence-corrected chi connectivity index (χ0v) is 10.8. The van der Waals surface area contributed by atoms with Gasteiger partial charge in [-0.2, -0.15) is 0 Å². The summed E-state index contributed by atoms with van der Waals surface area (Å²) >= 11 is 2.53. The number of aromatic nitrogens is 2. The number of nitrogens with zero attached hydrogens (tertiary/aromatic N) is 3. The van der Waals surface area contributed by atoms with E-state index in [0.29, 0.717) is 15.5 Å². The Hall–Kier alpha value is -1.80. The Morgan fingerprint density at radius 2 is 2.22 bits per heavy atom. The second kappa shape index (κ2) is 5.23. The van der Waals surface area contributed by atoms with Crippen molar-refractivity contribution >= 4 is 35.1 Å². The Kier molecular flexibility index (Phi) is 3.68. The molecule has 0 unspecified atom stereocenters. The van der Waals surface area contributed by atoms with Crippen LogP contribution in [0.25, 0.3) is 0 Å². The van der Waals surface area contributed by atoms with Crippen LogP contribution in [0.2, 0.25) is 0 Å². The molecule has 0 radical (unpaired) electrons. The number of nitro groups is 1. The standard InChI is InChI=1S/C10H7N3O3S2/c1-6-11-12-10(17-6)18-9-3-2-7(5-14)4-8(9)13(15)16/h2-5H,1H3. The van der Waals surface area contributed by atoms with Crippen molar-refractivity contribution in [3.05, 3.63) is 38.9 Å². The summed E-state index contributed by atoms with van der Waals surface area (Å²) in [6.07, 6.45) is 0.580. The van der Waals surface area contributed by atoms with Gasteiger partial charge in [-0.3, -0.25) is 14.9 Å². The maximum atomic E-state index is 10.9. The Labute approximate surface area is 110 Å². The van der Waals surface area contributed by atoms with Gasteiger partial charge >= 0.3 is 0 Å². The largest absolute Gasteiger partial charge is 0.298 e. The fourth-order valence-electron chi connectivity index (χ4n) is 1.25. The van der Waals surface area contributed by atoms with E-state index in [4.69, 9.17) is 0 Å². The molecule has 92 valence electrons. The molecule has 0 aliphatic heterocycles. The molecule has 0 amide bonds. The van der Waals surface area contributed by atoms with Gasteiger partial charge in [-0.15, -0.1) is 10.2 Å². The van der Waals surface area contributed by atoms with E-state index in [9.17, 15) is 14.9 Å². The number of hydrogen-bond acceptors (Lipinski definition) is 7. The molecule has 18 heavy (non-hydrogen) atoms. The fraction of sp³-hybridized carbons (Fsp3) is 0.100. The highest BCUT2D eigenvalue weighted by Gasteiger charge is 2.17. The molecular formula is C10H7N3O3S2. The van der Waals surface area contributed by atoms with Gasteiger partial charge in [0.15, 0.2) is 4.34 Å². The third-order valence-corrected chi connectivity index (χ3v) is 3.98. The maximum Gasteiger partial charge on any atom is 0.284 e. The van der Waals surface area contributed by atoms with E-state index in [1.165, 1.54) is 35.2 Å². The van der Waals surface area contributed by atoms with E-state index in [1.54, 1.807) is 6.07 Å². The van der Waals surface area contributed by atoms with Crippen LogP contribution < -0.4 is 0 Å². The average Bonchev–Trinajstić information content (AvgIpc) is 2.75. The van der Waals surface area contributed by atoms with Gasteiger partial charge in [0.05, 0.1) is 9.82 Å². The molecule has 0 fully saturated rings. The van der Waals surface area contributed by atoms with E-state index in [2.05, 4.69) is 10.2 Å². The third-order valence-electron chi connectivity index (χ3n) is 2.02. The molecule has 0 bridgehead atoms. The van der Waals surface area contributed by atoms with Crippen LogP contribution in [0.4, 0.5) is 5.69 Å². The van der Waals surface area contributed by atoms with Crippen LogP contribution in [0.5, 0.6) is 0 Å². The molecule has 0 spiro atoms. The van der Waals surface area contributed by atoms with E-state index in [-0.39, 0.29) is 11.3 Å². The lowest BCUT2D eigenvalue weighted by Crippen LogP contribution is -1.92. The maximum absolute atomic E-state index is 10.9. The van der Waals surface area contributed by atoms with E-state index in [1.807, 2.05) is 6.92 Å². The zero-order chi connectivity index (χ0) is 13.1. The molecule has 0 atom stereocenters. The predicted molar refractivity (Wildman–Crippen MR) is 67.3 cm³/mol. The van der Waals surface area contributed by atoms with Gasteiger partial charge in [0, 0.05) is 11.6 Å². The van der Waals surface area contributed by atoms with Crippen molar-refractivity contribution in [2.45, 2.75) is 16.2 Å². The highest BCUT2D eigenvalue weighted by molar-refractivity contribution is 8.01. The van der Waals surface area contributed by atoms with Gasteiger partial charge in [-0.1, -0.05) is 29.2 Å². The topological polar surface area (TPSA) is 86.0 Å². The molecule has 0 aliphatic carbocycles. The molecule has 0 N–H and O–H groups in total. The number of carbonyl (C=O) groups excluding carboxylic acids is 1. The molecule has 0 aliphatic rings. The summed E-state index contributed by atoms with van der Waals surface area (Å²) in [6.45, 7) is 1.81. The van der Waals surface area contributed by atoms with Crippen molar-refractivity contribution in [1.82, 2.24) is 10.2 Å². The first kappa shape index (κ1) is 12.7. The molecule has 2 aromatic rings. The van der Waals surface area contributed by atoms with Crippen molar-refractivity contribution < 1.29 is 9.72 Å². The molecular weight excluding hydrogens is 274 g/mol. The molecule has 1 aromatic carbocycles. The first-order valence-electron chi connectivity index (χ1n) is 4.81. The second-order valence-corrected chi connectivity index (χ2v) is 5.76. The SMILES string of the molecule is Cc1nnc(Sc2ccc(C=O)cc2[N+](=O)[O-])s1. The normalized spacial score (nSPS) is 10.3. The minimum Gasteiger partial charge on any atom is -0.298 e. The minimum absolute atomic E-state index is 0.0996. The monoisotopic (exact) mass is 281 g/mol. The number of nitro benzene ring substituents is 1. The lowest BCUT2D eigenvalue weighted by Gasteiger charge is -2.00. The number of rotatable bonds is 4. The molecule has 0 saturated heterocycles. The Morgan fingerprint density at radius 1 is 1.44 bits per heavy atom. The Morgan fingerprint density at radius 3 is 2.78 bits per heavy atom. The summed E-state index contributed by atoms with van der Waals surface area (Å²) in [4.78, 5) is 21.5. The second-order valence-electron chi connectivity index (χ2n) is 3.29. The summed E-state index contributed by atoms with van der Waals surface area (Å²) < 4.78 is 0.634. The van der Waals surface area contributed by atoms with Crippen molar-refractivity contribution in [1.29, 1.82) is 0 Å². The number of carbonyl (C=O) groups is 1. The lowest BCUT2D eigenvalue weighted by atomic mass is 10.2. The molecule has 1 aromatic heterocycles. The Bertz CT molecular complexity index is 612. The van der Waals surface area contributed by atoms with Crippen LogP contribution in [0, 0.1) is 17.0 Å². The summed E-state index contributed by atoms with van der Waals surface area (Å²) in [7, 11) is 0. The van der Waals surface area contributed by atoms with Gasteiger partial charge in [0.25, 0.3) is 5.69 Å². The summed E-state index contributed by atoms with van der Waals surface area (Å²) in [5.74, 6) is 0. The average molecular weight is 281 g/mol. The third kappa shape index (κ3) is 2.71. The lowest BCUT2D eigenvalue weighted by molar-refractivity contribution is -0.387. The van der Waals surface area contributed by atoms with Crippen molar-refractivity contribution in [2.24, 2.45) is 0 Å². The summed E-state index contributed by atoms with van der Waals surface area (Å²) in [5, 5.41) is 19.5. The quantitative estimate of drug-likeness (QED) is 0.486. The van der Waals surface area contributed by atoms with E-state index < -0.39 is 4.92 Å². The first-order valence-corrected chi connectivity index (χ1v) is 6.45. The number of benzene rings is 1. The highest BCUT2D eigenvalue weighted by atomic mass is 32.2. The molecule has 2 rings (SSSR count). The predicted octanol–water partition coefficient (Wildman–Crippen LogP) is 2.72. The van der Waals surface area contributed by atoms with Crippen molar-refractivity contribution in [2.75, 3.05) is 0 Å².